The predicted molar refractivity (Wildman–Crippen MR) is 63.5 cm³/mol. The van der Waals surface area contributed by atoms with Gasteiger partial charge in [0.1, 0.15) is 6.07 Å². The van der Waals surface area contributed by atoms with Gasteiger partial charge in [0.25, 0.3) is 0 Å². The Morgan fingerprint density at radius 1 is 1.56 bits per heavy atom. The molecule has 0 N–H and O–H groups in total. The first-order chi connectivity index (χ1) is 7.62. The number of ether oxygens (including phenoxy) is 1. The van der Waals surface area contributed by atoms with Gasteiger partial charge in [-0.1, -0.05) is 13.0 Å². The summed E-state index contributed by atoms with van der Waals surface area (Å²) in [6.45, 7) is 1.98. The molecule has 0 atom stereocenters. The Bertz CT molecular complexity index is 449. The Kier molecular flexibility index (Phi) is 4.39. The SMILES string of the molecule is CCc1cc(CC(=O)OC)cc(C#N)c1S. The number of carbonyl (C=O) groups is 1. The van der Waals surface area contributed by atoms with Crippen LogP contribution in [0.15, 0.2) is 17.0 Å². The molecule has 0 fully saturated rings. The monoisotopic (exact) mass is 235 g/mol. The van der Waals surface area contributed by atoms with Crippen LogP contribution in [-0.4, -0.2) is 13.1 Å². The zero-order chi connectivity index (χ0) is 12.1. The maximum absolute atomic E-state index is 11.1. The van der Waals surface area contributed by atoms with Gasteiger partial charge in [-0.15, -0.1) is 12.6 Å². The summed E-state index contributed by atoms with van der Waals surface area (Å²) in [5, 5.41) is 8.94. The zero-order valence-electron chi connectivity index (χ0n) is 9.28. The third kappa shape index (κ3) is 2.77. The normalized spacial score (nSPS) is 9.62. The van der Waals surface area contributed by atoms with Gasteiger partial charge < -0.3 is 4.74 Å². The highest BCUT2D eigenvalue weighted by Gasteiger charge is 2.09. The van der Waals surface area contributed by atoms with Gasteiger partial charge in [-0.25, -0.2) is 0 Å². The molecule has 0 bridgehead atoms. The highest BCUT2D eigenvalue weighted by Crippen LogP contribution is 2.22. The van der Waals surface area contributed by atoms with Crippen LogP contribution < -0.4 is 0 Å². The van der Waals surface area contributed by atoms with E-state index >= 15 is 0 Å². The van der Waals surface area contributed by atoms with E-state index in [1.54, 1.807) is 6.07 Å². The van der Waals surface area contributed by atoms with Gasteiger partial charge in [0.15, 0.2) is 0 Å². The van der Waals surface area contributed by atoms with Gasteiger partial charge in [0.05, 0.1) is 19.1 Å². The highest BCUT2D eigenvalue weighted by molar-refractivity contribution is 7.80. The molecule has 1 rings (SSSR count). The highest BCUT2D eigenvalue weighted by atomic mass is 32.1. The van der Waals surface area contributed by atoms with E-state index in [0.29, 0.717) is 10.5 Å². The molecule has 0 saturated carbocycles. The average Bonchev–Trinajstić information content (AvgIpc) is 2.30. The third-order valence-corrected chi connectivity index (χ3v) is 2.85. The molecule has 1 aromatic carbocycles. The lowest BCUT2D eigenvalue weighted by molar-refractivity contribution is -0.139. The fourth-order valence-corrected chi connectivity index (χ4v) is 1.79. The second-order valence-corrected chi connectivity index (χ2v) is 3.82. The maximum Gasteiger partial charge on any atom is 0.309 e. The Morgan fingerprint density at radius 2 is 2.25 bits per heavy atom. The smallest absolute Gasteiger partial charge is 0.309 e. The van der Waals surface area contributed by atoms with E-state index < -0.39 is 0 Å². The summed E-state index contributed by atoms with van der Waals surface area (Å²) >= 11 is 4.29. The van der Waals surface area contributed by atoms with Gasteiger partial charge in [-0.2, -0.15) is 5.26 Å². The number of nitrogens with zero attached hydrogens (tertiary/aromatic N) is 1. The van der Waals surface area contributed by atoms with E-state index in [9.17, 15) is 4.79 Å². The molecule has 0 aliphatic rings. The number of methoxy groups -OCH3 is 1. The standard InChI is InChI=1S/C12H13NO2S/c1-3-9-4-8(6-11(14)15-2)5-10(7-13)12(9)16/h4-5,16H,3,6H2,1-2H3. The summed E-state index contributed by atoms with van der Waals surface area (Å²) in [5.74, 6) is -0.308. The number of carbonyl (C=O) groups excluding carboxylic acids is 1. The van der Waals surface area contributed by atoms with Gasteiger partial charge >= 0.3 is 5.97 Å². The summed E-state index contributed by atoms with van der Waals surface area (Å²) in [7, 11) is 1.35. The number of thiol groups is 1. The Balaban J connectivity index is 3.13. The van der Waals surface area contributed by atoms with Crippen molar-refractivity contribution in [2.24, 2.45) is 0 Å². The Hall–Kier alpha value is -1.47. The van der Waals surface area contributed by atoms with Gasteiger partial charge in [-0.3, -0.25) is 4.79 Å². The first-order valence-corrected chi connectivity index (χ1v) is 5.38. The lowest BCUT2D eigenvalue weighted by Crippen LogP contribution is -2.05. The molecule has 0 aliphatic carbocycles. The van der Waals surface area contributed by atoms with E-state index in [-0.39, 0.29) is 12.4 Å². The van der Waals surface area contributed by atoms with Crippen LogP contribution in [0.2, 0.25) is 0 Å². The van der Waals surface area contributed by atoms with Gasteiger partial charge in [0, 0.05) is 4.90 Å². The van der Waals surface area contributed by atoms with E-state index in [1.807, 2.05) is 13.0 Å². The second-order valence-electron chi connectivity index (χ2n) is 3.37. The molecule has 0 heterocycles. The fourth-order valence-electron chi connectivity index (χ4n) is 1.46. The molecular weight excluding hydrogens is 222 g/mol. The van der Waals surface area contributed by atoms with Crippen molar-refractivity contribution < 1.29 is 9.53 Å². The number of rotatable bonds is 3. The van der Waals surface area contributed by atoms with Crippen molar-refractivity contribution in [2.45, 2.75) is 24.7 Å². The van der Waals surface area contributed by atoms with Crippen LogP contribution in [0.25, 0.3) is 0 Å². The molecule has 0 spiro atoms. The van der Waals surface area contributed by atoms with E-state index in [2.05, 4.69) is 23.4 Å². The van der Waals surface area contributed by atoms with Gasteiger partial charge in [0.2, 0.25) is 0 Å². The first kappa shape index (κ1) is 12.6. The third-order valence-electron chi connectivity index (χ3n) is 2.33. The molecule has 1 aromatic rings. The minimum atomic E-state index is -0.308. The largest absolute Gasteiger partial charge is 0.469 e. The maximum atomic E-state index is 11.1. The van der Waals surface area contributed by atoms with Crippen LogP contribution in [-0.2, 0) is 22.4 Å². The number of hydrogen-bond acceptors (Lipinski definition) is 4. The molecule has 0 aliphatic heterocycles. The van der Waals surface area contributed by atoms with E-state index in [1.165, 1.54) is 7.11 Å². The van der Waals surface area contributed by atoms with Crippen molar-refractivity contribution in [3.63, 3.8) is 0 Å². The molecule has 3 nitrogen and oxygen atoms in total. The second kappa shape index (κ2) is 5.57. The van der Waals surface area contributed by atoms with Crippen LogP contribution >= 0.6 is 12.6 Å². The number of aryl methyl sites for hydroxylation is 1. The van der Waals surface area contributed by atoms with Crippen molar-refractivity contribution in [2.75, 3.05) is 7.11 Å². The Morgan fingerprint density at radius 3 is 2.75 bits per heavy atom. The van der Waals surface area contributed by atoms with Crippen molar-refractivity contribution in [3.8, 4) is 6.07 Å². The molecule has 0 amide bonds. The van der Waals surface area contributed by atoms with Crippen LogP contribution in [0.4, 0.5) is 0 Å². The lowest BCUT2D eigenvalue weighted by Gasteiger charge is -2.08. The Labute approximate surface area is 100 Å². The minimum absolute atomic E-state index is 0.187. The average molecular weight is 235 g/mol. The van der Waals surface area contributed by atoms with Crippen LogP contribution in [0.3, 0.4) is 0 Å². The topological polar surface area (TPSA) is 50.1 Å². The number of hydrogen-bond donors (Lipinski definition) is 1. The van der Waals surface area contributed by atoms with Crippen LogP contribution in [0, 0.1) is 11.3 Å². The van der Waals surface area contributed by atoms with Crippen molar-refractivity contribution in [3.05, 3.63) is 28.8 Å². The zero-order valence-corrected chi connectivity index (χ0v) is 10.2. The quantitative estimate of drug-likeness (QED) is 0.645. The fraction of sp³-hybridized carbons (Fsp3) is 0.333. The summed E-state index contributed by atoms with van der Waals surface area (Å²) in [5.41, 5.74) is 2.26. The molecule has 4 heteroatoms. The van der Waals surface area contributed by atoms with Gasteiger partial charge in [-0.05, 0) is 23.6 Å². The number of benzene rings is 1. The molecule has 16 heavy (non-hydrogen) atoms. The molecule has 0 unspecified atom stereocenters. The van der Waals surface area contributed by atoms with Crippen molar-refractivity contribution in [1.82, 2.24) is 0 Å². The number of nitriles is 1. The summed E-state index contributed by atoms with van der Waals surface area (Å²) in [6, 6.07) is 5.64. The first-order valence-electron chi connectivity index (χ1n) is 4.94. The summed E-state index contributed by atoms with van der Waals surface area (Å²) < 4.78 is 4.59. The molecular formula is C12H13NO2S. The lowest BCUT2D eigenvalue weighted by atomic mass is 10.0. The molecule has 0 radical (unpaired) electrons. The minimum Gasteiger partial charge on any atom is -0.469 e. The van der Waals surface area contributed by atoms with E-state index in [4.69, 9.17) is 5.26 Å². The van der Waals surface area contributed by atoms with E-state index in [0.717, 1.165) is 17.5 Å². The molecule has 0 aromatic heterocycles. The molecule has 0 saturated heterocycles. The number of esters is 1. The van der Waals surface area contributed by atoms with Crippen LogP contribution in [0.5, 0.6) is 0 Å². The summed E-state index contributed by atoms with van der Waals surface area (Å²) in [6.07, 6.45) is 0.967. The van der Waals surface area contributed by atoms with Crippen molar-refractivity contribution in [1.29, 1.82) is 5.26 Å². The van der Waals surface area contributed by atoms with Crippen molar-refractivity contribution >= 4 is 18.6 Å². The predicted octanol–water partition coefficient (Wildman–Crippen LogP) is 2.12. The van der Waals surface area contributed by atoms with Crippen LogP contribution in [0.1, 0.15) is 23.6 Å². The summed E-state index contributed by atoms with van der Waals surface area (Å²) in [4.78, 5) is 11.8. The molecule has 84 valence electrons.